The molecule has 1 aromatic heterocycles. The number of H-pyrrole nitrogens is 1. The molecule has 0 fully saturated rings. The van der Waals surface area contributed by atoms with Crippen LogP contribution in [-0.2, 0) is 0 Å². The largest absolute Gasteiger partial charge is 0.433 e. The second-order valence-corrected chi connectivity index (χ2v) is 2.58. The van der Waals surface area contributed by atoms with Gasteiger partial charge in [-0.2, -0.15) is 8.78 Å². The fraction of sp³-hybridized carbons (Fsp3) is 0.111. The van der Waals surface area contributed by atoms with E-state index >= 15 is 0 Å². The van der Waals surface area contributed by atoms with Crippen molar-refractivity contribution in [2.24, 2.45) is 0 Å². The number of hydrogen-bond donors (Lipinski definition) is 1. The van der Waals surface area contributed by atoms with Crippen LogP contribution in [0.3, 0.4) is 0 Å². The van der Waals surface area contributed by atoms with Crippen molar-refractivity contribution in [3.05, 3.63) is 30.5 Å². The van der Waals surface area contributed by atoms with Crippen LogP contribution in [0.5, 0.6) is 5.75 Å². The van der Waals surface area contributed by atoms with Crippen molar-refractivity contribution >= 4 is 10.9 Å². The van der Waals surface area contributed by atoms with E-state index in [1.807, 2.05) is 6.07 Å². The minimum absolute atomic E-state index is 0.178. The molecule has 2 rings (SSSR count). The number of alkyl halides is 2. The fourth-order valence-electron chi connectivity index (χ4n) is 1.25. The van der Waals surface area contributed by atoms with Crippen molar-refractivity contribution in [3.63, 3.8) is 0 Å². The van der Waals surface area contributed by atoms with Crippen LogP contribution in [0, 0.1) is 0 Å². The van der Waals surface area contributed by atoms with Crippen molar-refractivity contribution in [2.75, 3.05) is 0 Å². The number of aromatic nitrogens is 1. The first-order valence-corrected chi connectivity index (χ1v) is 3.78. The van der Waals surface area contributed by atoms with Gasteiger partial charge in [0.25, 0.3) is 0 Å². The minimum atomic E-state index is -2.78. The zero-order chi connectivity index (χ0) is 9.26. The van der Waals surface area contributed by atoms with Gasteiger partial charge >= 0.3 is 6.61 Å². The van der Waals surface area contributed by atoms with Gasteiger partial charge in [-0.25, -0.2) is 0 Å². The van der Waals surface area contributed by atoms with E-state index < -0.39 is 6.61 Å². The van der Waals surface area contributed by atoms with Crippen molar-refractivity contribution in [2.45, 2.75) is 6.61 Å². The molecule has 1 heterocycles. The molecule has 1 aromatic carbocycles. The molecule has 0 atom stereocenters. The Hall–Kier alpha value is -1.58. The average Bonchev–Trinajstić information content (AvgIpc) is 2.51. The monoisotopic (exact) mass is 183 g/mol. The highest BCUT2D eigenvalue weighted by Gasteiger charge is 2.07. The van der Waals surface area contributed by atoms with Gasteiger partial charge in [0.2, 0.25) is 0 Å². The molecule has 1 N–H and O–H groups in total. The first-order chi connectivity index (χ1) is 6.27. The van der Waals surface area contributed by atoms with E-state index in [0.29, 0.717) is 5.52 Å². The summed E-state index contributed by atoms with van der Waals surface area (Å²) in [5.41, 5.74) is 0.600. The van der Waals surface area contributed by atoms with Crippen LogP contribution in [0.2, 0.25) is 0 Å². The van der Waals surface area contributed by atoms with E-state index in [-0.39, 0.29) is 5.75 Å². The smallest absolute Gasteiger partial charge is 0.387 e. The van der Waals surface area contributed by atoms with Gasteiger partial charge in [-0.3, -0.25) is 0 Å². The summed E-state index contributed by atoms with van der Waals surface area (Å²) in [7, 11) is 0. The molecule has 0 spiro atoms. The quantitative estimate of drug-likeness (QED) is 0.760. The number of benzene rings is 1. The van der Waals surface area contributed by atoms with Crippen LogP contribution in [0.25, 0.3) is 10.9 Å². The lowest BCUT2D eigenvalue weighted by Crippen LogP contribution is -2.01. The Morgan fingerprint density at radius 3 is 2.85 bits per heavy atom. The normalized spacial score (nSPS) is 11.0. The highest BCUT2D eigenvalue weighted by Crippen LogP contribution is 2.24. The summed E-state index contributed by atoms with van der Waals surface area (Å²) in [5.74, 6) is 0.178. The van der Waals surface area contributed by atoms with Gasteiger partial charge in [0.05, 0.1) is 5.52 Å². The molecule has 4 heteroatoms. The predicted octanol–water partition coefficient (Wildman–Crippen LogP) is 2.77. The van der Waals surface area contributed by atoms with Gasteiger partial charge in [-0.05, 0) is 12.1 Å². The Morgan fingerprint density at radius 2 is 2.08 bits per heavy atom. The molecule has 0 aliphatic rings. The summed E-state index contributed by atoms with van der Waals surface area (Å²) < 4.78 is 28.2. The summed E-state index contributed by atoms with van der Waals surface area (Å²) in [4.78, 5) is 2.84. The lowest BCUT2D eigenvalue weighted by molar-refractivity contribution is -0.0489. The van der Waals surface area contributed by atoms with Crippen LogP contribution < -0.4 is 4.74 Å². The molecular weight excluding hydrogens is 176 g/mol. The van der Waals surface area contributed by atoms with Crippen LogP contribution in [0.1, 0.15) is 0 Å². The number of aromatic amines is 1. The van der Waals surface area contributed by atoms with E-state index in [0.717, 1.165) is 5.39 Å². The van der Waals surface area contributed by atoms with E-state index in [4.69, 9.17) is 0 Å². The lowest BCUT2D eigenvalue weighted by atomic mass is 10.2. The Morgan fingerprint density at radius 1 is 1.23 bits per heavy atom. The topological polar surface area (TPSA) is 25.0 Å². The number of para-hydroxylation sites is 1. The lowest BCUT2D eigenvalue weighted by Gasteiger charge is -2.04. The van der Waals surface area contributed by atoms with Crippen LogP contribution in [-0.4, -0.2) is 11.6 Å². The van der Waals surface area contributed by atoms with E-state index in [1.165, 1.54) is 6.07 Å². The maximum absolute atomic E-state index is 11.9. The Kier molecular flexibility index (Phi) is 1.88. The molecule has 0 saturated carbocycles. The van der Waals surface area contributed by atoms with Crippen LogP contribution in [0.15, 0.2) is 30.5 Å². The third kappa shape index (κ3) is 1.47. The third-order valence-electron chi connectivity index (χ3n) is 1.77. The molecule has 0 aliphatic heterocycles. The predicted molar refractivity (Wildman–Crippen MR) is 44.9 cm³/mol. The Bertz CT molecular complexity index is 411. The first kappa shape index (κ1) is 8.04. The summed E-state index contributed by atoms with van der Waals surface area (Å²) >= 11 is 0. The second-order valence-electron chi connectivity index (χ2n) is 2.58. The molecule has 0 unspecified atom stereocenters. The number of nitrogens with one attached hydrogen (secondary N) is 1. The van der Waals surface area contributed by atoms with E-state index in [1.54, 1.807) is 18.3 Å². The zero-order valence-corrected chi connectivity index (χ0v) is 6.63. The third-order valence-corrected chi connectivity index (χ3v) is 1.77. The van der Waals surface area contributed by atoms with Crippen molar-refractivity contribution in [1.82, 2.24) is 4.98 Å². The molecule has 0 radical (unpaired) electrons. The molecule has 0 aliphatic carbocycles. The number of fused-ring (bicyclic) bond motifs is 1. The molecule has 2 aromatic rings. The molecule has 2 nitrogen and oxygen atoms in total. The second kappa shape index (κ2) is 3.05. The number of rotatable bonds is 2. The summed E-state index contributed by atoms with van der Waals surface area (Å²) in [6, 6.07) is 6.80. The van der Waals surface area contributed by atoms with Crippen LogP contribution in [0.4, 0.5) is 8.78 Å². The summed E-state index contributed by atoms with van der Waals surface area (Å²) in [6.45, 7) is -2.78. The highest BCUT2D eigenvalue weighted by molar-refractivity contribution is 5.85. The van der Waals surface area contributed by atoms with Gasteiger partial charge in [0, 0.05) is 11.6 Å². The fourth-order valence-corrected chi connectivity index (χ4v) is 1.25. The first-order valence-electron chi connectivity index (χ1n) is 3.78. The van der Waals surface area contributed by atoms with Gasteiger partial charge in [0.15, 0.2) is 0 Å². The van der Waals surface area contributed by atoms with Crippen molar-refractivity contribution < 1.29 is 13.5 Å². The maximum atomic E-state index is 11.9. The van der Waals surface area contributed by atoms with Gasteiger partial charge < -0.3 is 9.72 Å². The number of hydrogen-bond acceptors (Lipinski definition) is 1. The Balaban J connectivity index is 2.48. The molecule has 0 saturated heterocycles. The number of halogens is 2. The number of ether oxygens (including phenoxy) is 1. The standard InChI is InChI=1S/C9H7F2NO/c10-9(11)13-7-3-1-2-6-4-5-12-8(6)7/h1-5,9,12H. The summed E-state index contributed by atoms with van der Waals surface area (Å²) in [6.07, 6.45) is 1.68. The van der Waals surface area contributed by atoms with E-state index in [9.17, 15) is 8.78 Å². The highest BCUT2D eigenvalue weighted by atomic mass is 19.3. The van der Waals surface area contributed by atoms with Gasteiger partial charge in [-0.1, -0.05) is 12.1 Å². The maximum Gasteiger partial charge on any atom is 0.387 e. The van der Waals surface area contributed by atoms with Gasteiger partial charge in [-0.15, -0.1) is 0 Å². The molecule has 0 amide bonds. The zero-order valence-electron chi connectivity index (χ0n) is 6.63. The van der Waals surface area contributed by atoms with E-state index in [2.05, 4.69) is 9.72 Å². The van der Waals surface area contributed by atoms with Gasteiger partial charge in [0.1, 0.15) is 5.75 Å². The summed E-state index contributed by atoms with van der Waals surface area (Å²) in [5, 5.41) is 0.859. The SMILES string of the molecule is FC(F)Oc1cccc2cc[nH]c12. The van der Waals surface area contributed by atoms with Crippen LogP contribution >= 0.6 is 0 Å². The molecule has 68 valence electrons. The molecule has 0 bridgehead atoms. The minimum Gasteiger partial charge on any atom is -0.433 e. The van der Waals surface area contributed by atoms with Crippen molar-refractivity contribution in [1.29, 1.82) is 0 Å². The Labute approximate surface area is 73.1 Å². The molecular formula is C9H7F2NO. The average molecular weight is 183 g/mol. The van der Waals surface area contributed by atoms with Crippen molar-refractivity contribution in [3.8, 4) is 5.75 Å². The molecule has 13 heavy (non-hydrogen) atoms.